The van der Waals surface area contributed by atoms with Gasteiger partial charge in [-0.15, -0.1) is 0 Å². The van der Waals surface area contributed by atoms with E-state index in [1.165, 1.54) is 42.6 Å². The van der Waals surface area contributed by atoms with E-state index in [0.717, 1.165) is 12.1 Å². The third-order valence-corrected chi connectivity index (χ3v) is 3.67. The van der Waals surface area contributed by atoms with Crippen molar-refractivity contribution in [2.24, 2.45) is 0 Å². The predicted molar refractivity (Wildman–Crippen MR) is 92.9 cm³/mol. The third-order valence-electron chi connectivity index (χ3n) is 3.37. The van der Waals surface area contributed by atoms with Gasteiger partial charge < -0.3 is 15.0 Å². The molecule has 26 heavy (non-hydrogen) atoms. The molecule has 0 aliphatic rings. The third kappa shape index (κ3) is 3.73. The van der Waals surface area contributed by atoms with Crippen molar-refractivity contribution in [1.82, 2.24) is 4.98 Å². The lowest BCUT2D eigenvalue weighted by molar-refractivity contribution is 0.102. The van der Waals surface area contributed by atoms with E-state index in [4.69, 9.17) is 16.3 Å². The van der Waals surface area contributed by atoms with E-state index < -0.39 is 28.9 Å². The second-order valence-electron chi connectivity index (χ2n) is 5.17. The molecular formula is C18H11ClF2N2O3. The van der Waals surface area contributed by atoms with E-state index >= 15 is 0 Å². The molecule has 5 nitrogen and oxygen atoms in total. The standard InChI is InChI=1S/C18H11ClF2N2O3/c19-12-4-1-3-11(18(25)23-10-7-8-22-15(24)9-10)16(12)26-17-13(20)5-2-6-14(17)21/h1-9H,(H2,22,23,24,25). The van der Waals surface area contributed by atoms with Crippen LogP contribution in [0.15, 0.2) is 59.5 Å². The summed E-state index contributed by atoms with van der Waals surface area (Å²) in [7, 11) is 0. The molecular weight excluding hydrogens is 366 g/mol. The highest BCUT2D eigenvalue weighted by Gasteiger charge is 2.20. The zero-order valence-corrected chi connectivity index (χ0v) is 13.8. The Morgan fingerprint density at radius 3 is 2.42 bits per heavy atom. The molecule has 8 heteroatoms. The second kappa shape index (κ2) is 7.37. The summed E-state index contributed by atoms with van der Waals surface area (Å²) in [6, 6.07) is 10.2. The number of halogens is 3. The van der Waals surface area contributed by atoms with Gasteiger partial charge in [0.15, 0.2) is 23.1 Å². The molecule has 0 spiro atoms. The van der Waals surface area contributed by atoms with Crippen molar-refractivity contribution >= 4 is 23.2 Å². The number of benzene rings is 2. The van der Waals surface area contributed by atoms with Gasteiger partial charge in [-0.3, -0.25) is 9.59 Å². The molecule has 0 aliphatic heterocycles. The van der Waals surface area contributed by atoms with Crippen molar-refractivity contribution in [1.29, 1.82) is 0 Å². The first kappa shape index (κ1) is 17.6. The van der Waals surface area contributed by atoms with E-state index in [1.54, 1.807) is 0 Å². The maximum absolute atomic E-state index is 13.8. The van der Waals surface area contributed by atoms with Gasteiger partial charge in [0.2, 0.25) is 5.56 Å². The van der Waals surface area contributed by atoms with Gasteiger partial charge in [0.25, 0.3) is 5.91 Å². The monoisotopic (exact) mass is 376 g/mol. The largest absolute Gasteiger partial charge is 0.449 e. The number of aromatic nitrogens is 1. The number of amides is 1. The van der Waals surface area contributed by atoms with Gasteiger partial charge in [0.05, 0.1) is 10.6 Å². The molecule has 1 heterocycles. The fourth-order valence-electron chi connectivity index (χ4n) is 2.19. The molecule has 132 valence electrons. The number of rotatable bonds is 4. The number of nitrogens with one attached hydrogen (secondary N) is 2. The Bertz CT molecular complexity index is 1020. The fourth-order valence-corrected chi connectivity index (χ4v) is 2.41. The van der Waals surface area contributed by atoms with Crippen LogP contribution < -0.4 is 15.6 Å². The summed E-state index contributed by atoms with van der Waals surface area (Å²) in [5.41, 5.74) is -0.221. The van der Waals surface area contributed by atoms with E-state index in [-0.39, 0.29) is 22.0 Å². The first-order chi connectivity index (χ1) is 12.5. The van der Waals surface area contributed by atoms with E-state index in [0.29, 0.717) is 0 Å². The zero-order chi connectivity index (χ0) is 18.7. The van der Waals surface area contributed by atoms with Crippen molar-refractivity contribution in [3.8, 4) is 11.5 Å². The Balaban J connectivity index is 1.97. The number of H-pyrrole nitrogens is 1. The van der Waals surface area contributed by atoms with Gasteiger partial charge in [-0.1, -0.05) is 23.7 Å². The highest BCUT2D eigenvalue weighted by Crippen LogP contribution is 2.35. The number of hydrogen-bond donors (Lipinski definition) is 2. The van der Waals surface area contributed by atoms with Crippen LogP contribution in [0.1, 0.15) is 10.4 Å². The van der Waals surface area contributed by atoms with Gasteiger partial charge in [-0.05, 0) is 30.3 Å². The molecule has 2 N–H and O–H groups in total. The predicted octanol–water partition coefficient (Wildman–Crippen LogP) is 4.35. The Morgan fingerprint density at radius 2 is 1.73 bits per heavy atom. The number of aromatic amines is 1. The van der Waals surface area contributed by atoms with Crippen LogP contribution in [0.25, 0.3) is 0 Å². The molecule has 0 aliphatic carbocycles. The number of pyridine rings is 1. The SMILES string of the molecule is O=C(Nc1cc[nH]c(=O)c1)c1cccc(Cl)c1Oc1c(F)cccc1F. The number of carbonyl (C=O) groups is 1. The molecule has 3 rings (SSSR count). The van der Waals surface area contributed by atoms with Crippen LogP contribution in [-0.2, 0) is 0 Å². The average molecular weight is 377 g/mol. The molecule has 1 amide bonds. The van der Waals surface area contributed by atoms with Gasteiger partial charge in [-0.2, -0.15) is 0 Å². The lowest BCUT2D eigenvalue weighted by Gasteiger charge is -2.14. The lowest BCUT2D eigenvalue weighted by atomic mass is 10.1. The number of ether oxygens (including phenoxy) is 1. The number of carbonyl (C=O) groups excluding carboxylic acids is 1. The average Bonchev–Trinajstić information content (AvgIpc) is 2.59. The number of hydrogen-bond acceptors (Lipinski definition) is 3. The van der Waals surface area contributed by atoms with Crippen molar-refractivity contribution in [2.45, 2.75) is 0 Å². The van der Waals surface area contributed by atoms with Crippen LogP contribution in [0.2, 0.25) is 5.02 Å². The van der Waals surface area contributed by atoms with E-state index in [9.17, 15) is 18.4 Å². The second-order valence-corrected chi connectivity index (χ2v) is 5.57. The number of anilines is 1. The molecule has 3 aromatic rings. The summed E-state index contributed by atoms with van der Waals surface area (Å²) in [5, 5.41) is 2.49. The Morgan fingerprint density at radius 1 is 1.04 bits per heavy atom. The lowest BCUT2D eigenvalue weighted by Crippen LogP contribution is -2.15. The first-order valence-corrected chi connectivity index (χ1v) is 7.74. The zero-order valence-electron chi connectivity index (χ0n) is 13.1. The quantitative estimate of drug-likeness (QED) is 0.711. The molecule has 0 atom stereocenters. The topological polar surface area (TPSA) is 71.2 Å². The number of para-hydroxylation sites is 2. The Hall–Kier alpha value is -3.19. The summed E-state index contributed by atoms with van der Waals surface area (Å²) in [5.74, 6) is -3.42. The van der Waals surface area contributed by atoms with Crippen LogP contribution >= 0.6 is 11.6 Å². The first-order valence-electron chi connectivity index (χ1n) is 7.36. The van der Waals surface area contributed by atoms with Crippen molar-refractivity contribution < 1.29 is 18.3 Å². The highest BCUT2D eigenvalue weighted by atomic mass is 35.5. The van der Waals surface area contributed by atoms with Crippen LogP contribution in [0, 0.1) is 11.6 Å². The Kier molecular flexibility index (Phi) is 4.99. The van der Waals surface area contributed by atoms with Crippen molar-refractivity contribution in [3.05, 3.63) is 87.3 Å². The van der Waals surface area contributed by atoms with E-state index in [1.807, 2.05) is 0 Å². The minimum atomic E-state index is -0.939. The molecule has 0 fully saturated rings. The fraction of sp³-hybridized carbons (Fsp3) is 0. The minimum absolute atomic E-state index is 0.00814. The minimum Gasteiger partial charge on any atom is -0.449 e. The summed E-state index contributed by atoms with van der Waals surface area (Å²) in [4.78, 5) is 26.2. The molecule has 0 bridgehead atoms. The van der Waals surface area contributed by atoms with Crippen molar-refractivity contribution in [2.75, 3.05) is 5.32 Å². The van der Waals surface area contributed by atoms with Crippen LogP contribution in [0.5, 0.6) is 11.5 Å². The molecule has 0 unspecified atom stereocenters. The van der Waals surface area contributed by atoms with Crippen molar-refractivity contribution in [3.63, 3.8) is 0 Å². The molecule has 1 aromatic heterocycles. The van der Waals surface area contributed by atoms with Crippen LogP contribution in [-0.4, -0.2) is 10.9 Å². The Labute approximate surface area is 151 Å². The van der Waals surface area contributed by atoms with Gasteiger partial charge in [0, 0.05) is 18.0 Å². The van der Waals surface area contributed by atoms with Gasteiger partial charge >= 0.3 is 0 Å². The molecule has 0 saturated heterocycles. The molecule has 0 radical (unpaired) electrons. The molecule has 0 saturated carbocycles. The maximum atomic E-state index is 13.8. The normalized spacial score (nSPS) is 10.4. The van der Waals surface area contributed by atoms with Gasteiger partial charge in [0.1, 0.15) is 0 Å². The van der Waals surface area contributed by atoms with Crippen LogP contribution in [0.4, 0.5) is 14.5 Å². The summed E-state index contributed by atoms with van der Waals surface area (Å²) in [6.45, 7) is 0. The molecule has 2 aromatic carbocycles. The smallest absolute Gasteiger partial charge is 0.259 e. The van der Waals surface area contributed by atoms with Crippen LogP contribution in [0.3, 0.4) is 0 Å². The maximum Gasteiger partial charge on any atom is 0.259 e. The van der Waals surface area contributed by atoms with E-state index in [2.05, 4.69) is 10.3 Å². The summed E-state index contributed by atoms with van der Waals surface area (Å²) in [6.07, 6.45) is 1.36. The summed E-state index contributed by atoms with van der Waals surface area (Å²) >= 11 is 6.05. The summed E-state index contributed by atoms with van der Waals surface area (Å²) < 4.78 is 33.0. The highest BCUT2D eigenvalue weighted by molar-refractivity contribution is 6.32. The van der Waals surface area contributed by atoms with Gasteiger partial charge in [-0.25, -0.2) is 8.78 Å².